The van der Waals surface area contributed by atoms with E-state index in [0.29, 0.717) is 39.1 Å². The molecule has 0 unspecified atom stereocenters. The van der Waals surface area contributed by atoms with Gasteiger partial charge in [-0.2, -0.15) is 0 Å². The summed E-state index contributed by atoms with van der Waals surface area (Å²) in [5, 5.41) is 0. The van der Waals surface area contributed by atoms with Gasteiger partial charge in [0.1, 0.15) is 13.2 Å². The van der Waals surface area contributed by atoms with Gasteiger partial charge in [0.2, 0.25) is 0 Å². The second kappa shape index (κ2) is 23.9. The molecule has 0 aliphatic rings. The summed E-state index contributed by atoms with van der Waals surface area (Å²) in [6.07, 6.45) is 6.41. The number of carbonyl (C=O) groups excluding carboxylic acids is 2. The summed E-state index contributed by atoms with van der Waals surface area (Å²) in [6.45, 7) is 7.24. The highest BCUT2D eigenvalue weighted by atomic mass is 33.1. The van der Waals surface area contributed by atoms with Crippen molar-refractivity contribution in [3.8, 4) is 0 Å². The monoisotopic (exact) mass is 561 g/mol. The molecule has 0 amide bonds. The van der Waals surface area contributed by atoms with Gasteiger partial charge in [-0.15, -0.1) is 0 Å². The van der Waals surface area contributed by atoms with Crippen LogP contribution in [-0.2, 0) is 25.5 Å². The number of esters is 2. The van der Waals surface area contributed by atoms with Gasteiger partial charge in [-0.3, -0.25) is 9.59 Å². The third-order valence-electron chi connectivity index (χ3n) is 5.01. The third-order valence-corrected chi connectivity index (χ3v) is 9.92. The molecule has 0 fully saturated rings. The zero-order chi connectivity index (χ0) is 25.4. The summed E-state index contributed by atoms with van der Waals surface area (Å²) in [6, 6.07) is 10.3. The van der Waals surface area contributed by atoms with Crippen LogP contribution in [0.25, 0.3) is 0 Å². The molecule has 0 bridgehead atoms. The Hall–Kier alpha value is -0.480. The van der Waals surface area contributed by atoms with Crippen molar-refractivity contribution in [2.75, 3.05) is 55.9 Å². The summed E-state index contributed by atoms with van der Waals surface area (Å²) in [5.74, 6) is 3.58. The van der Waals surface area contributed by atoms with E-state index in [0.717, 1.165) is 36.0 Å². The molecular formula is C26H43NO4S4. The van der Waals surface area contributed by atoms with Crippen molar-refractivity contribution in [3.63, 3.8) is 0 Å². The second-order valence-electron chi connectivity index (χ2n) is 8.01. The van der Waals surface area contributed by atoms with E-state index in [2.05, 4.69) is 30.9 Å². The number of rotatable bonds is 23. The maximum Gasteiger partial charge on any atom is 0.307 e. The van der Waals surface area contributed by atoms with Gasteiger partial charge >= 0.3 is 11.9 Å². The number of benzene rings is 1. The normalized spacial score (nSPS) is 11.1. The Morgan fingerprint density at radius 3 is 1.69 bits per heavy atom. The third kappa shape index (κ3) is 20.3. The predicted molar refractivity (Wildman–Crippen MR) is 157 cm³/mol. The van der Waals surface area contributed by atoms with E-state index in [-0.39, 0.29) is 11.9 Å². The lowest BCUT2D eigenvalue weighted by Crippen LogP contribution is -2.31. The summed E-state index contributed by atoms with van der Waals surface area (Å²) < 4.78 is 10.8. The molecule has 0 spiro atoms. The summed E-state index contributed by atoms with van der Waals surface area (Å²) in [5.41, 5.74) is 1.25. The molecule has 1 aromatic carbocycles. The number of nitrogens with zero attached hydrogens (tertiary/aromatic N) is 1. The summed E-state index contributed by atoms with van der Waals surface area (Å²) >= 11 is 0. The van der Waals surface area contributed by atoms with Crippen LogP contribution in [0.2, 0.25) is 0 Å². The second-order valence-corrected chi connectivity index (χ2v) is 13.4. The standard InChI is InChI=1S/C26H43NO4S4/c1-3-5-20-32-34-22-18-30-25(28)13-16-27(15-12-24-10-8-7-9-11-24)17-14-26(29)31-19-23-35-33-21-6-4-2/h7-11H,3-6,12-23H2,1-2H3. The van der Waals surface area contributed by atoms with Gasteiger partial charge in [0, 0.05) is 42.6 Å². The molecule has 0 atom stereocenters. The highest BCUT2D eigenvalue weighted by Gasteiger charge is 2.13. The number of hydrogen-bond donors (Lipinski definition) is 0. The molecule has 200 valence electrons. The van der Waals surface area contributed by atoms with Crippen molar-refractivity contribution in [2.24, 2.45) is 0 Å². The average Bonchev–Trinajstić information content (AvgIpc) is 2.87. The lowest BCUT2D eigenvalue weighted by atomic mass is 10.1. The molecule has 35 heavy (non-hydrogen) atoms. The van der Waals surface area contributed by atoms with E-state index in [1.807, 2.05) is 39.8 Å². The van der Waals surface area contributed by atoms with Crippen LogP contribution in [0.1, 0.15) is 57.9 Å². The molecule has 0 aromatic heterocycles. The van der Waals surface area contributed by atoms with Gasteiger partial charge in [0.15, 0.2) is 0 Å². The maximum absolute atomic E-state index is 12.2. The smallest absolute Gasteiger partial charge is 0.307 e. The fourth-order valence-electron chi connectivity index (χ4n) is 2.93. The van der Waals surface area contributed by atoms with Gasteiger partial charge in [-0.05, 0) is 24.8 Å². The van der Waals surface area contributed by atoms with Crippen LogP contribution in [-0.4, -0.2) is 72.7 Å². The van der Waals surface area contributed by atoms with E-state index < -0.39 is 0 Å². The van der Waals surface area contributed by atoms with Crippen LogP contribution in [0.4, 0.5) is 0 Å². The van der Waals surface area contributed by atoms with Crippen molar-refractivity contribution in [2.45, 2.75) is 58.8 Å². The Bertz CT molecular complexity index is 617. The first-order valence-corrected chi connectivity index (χ1v) is 17.7. The Morgan fingerprint density at radius 2 is 1.20 bits per heavy atom. The van der Waals surface area contributed by atoms with Crippen LogP contribution in [0.15, 0.2) is 30.3 Å². The molecular weight excluding hydrogens is 519 g/mol. The molecule has 9 heteroatoms. The minimum atomic E-state index is -0.172. The van der Waals surface area contributed by atoms with Crippen LogP contribution < -0.4 is 0 Å². The van der Waals surface area contributed by atoms with Crippen molar-refractivity contribution in [1.29, 1.82) is 0 Å². The van der Waals surface area contributed by atoms with E-state index in [1.54, 1.807) is 21.6 Å². The van der Waals surface area contributed by atoms with Gasteiger partial charge < -0.3 is 14.4 Å². The molecule has 0 saturated heterocycles. The minimum absolute atomic E-state index is 0.172. The highest BCUT2D eigenvalue weighted by Crippen LogP contribution is 2.22. The summed E-state index contributed by atoms with van der Waals surface area (Å²) in [4.78, 5) is 26.6. The molecule has 0 aliphatic heterocycles. The molecule has 0 heterocycles. The quantitative estimate of drug-likeness (QED) is 0.0819. The highest BCUT2D eigenvalue weighted by molar-refractivity contribution is 8.77. The van der Waals surface area contributed by atoms with E-state index in [9.17, 15) is 9.59 Å². The van der Waals surface area contributed by atoms with Crippen molar-refractivity contribution in [3.05, 3.63) is 35.9 Å². The Morgan fingerprint density at radius 1 is 0.714 bits per heavy atom. The average molecular weight is 562 g/mol. The first-order chi connectivity index (χ1) is 17.2. The fraction of sp³-hybridized carbons (Fsp3) is 0.692. The van der Waals surface area contributed by atoms with Crippen molar-refractivity contribution < 1.29 is 19.1 Å². The molecule has 1 aromatic rings. The molecule has 5 nitrogen and oxygen atoms in total. The van der Waals surface area contributed by atoms with Crippen molar-refractivity contribution >= 4 is 55.1 Å². The van der Waals surface area contributed by atoms with Crippen LogP contribution >= 0.6 is 43.2 Å². The van der Waals surface area contributed by atoms with E-state index in [4.69, 9.17) is 9.47 Å². The van der Waals surface area contributed by atoms with E-state index >= 15 is 0 Å². The largest absolute Gasteiger partial charge is 0.465 e. The lowest BCUT2D eigenvalue weighted by Gasteiger charge is -2.21. The Balaban J connectivity index is 2.30. The number of unbranched alkanes of at least 4 members (excludes halogenated alkanes) is 2. The van der Waals surface area contributed by atoms with Crippen LogP contribution in [0, 0.1) is 0 Å². The number of carbonyl (C=O) groups is 2. The van der Waals surface area contributed by atoms with Gasteiger partial charge in [0.05, 0.1) is 12.8 Å². The SMILES string of the molecule is CCCCSSCCOC(=O)CCN(CCC(=O)OCCSSCCCC)CCc1ccccc1. The Labute approximate surface area is 228 Å². The molecule has 0 saturated carbocycles. The number of ether oxygens (including phenoxy) is 2. The van der Waals surface area contributed by atoms with Gasteiger partial charge in [-0.25, -0.2) is 0 Å². The maximum atomic E-state index is 12.2. The first-order valence-electron chi connectivity index (χ1n) is 12.7. The number of hydrogen-bond acceptors (Lipinski definition) is 9. The zero-order valence-electron chi connectivity index (χ0n) is 21.4. The topological polar surface area (TPSA) is 55.8 Å². The van der Waals surface area contributed by atoms with Crippen LogP contribution in [0.3, 0.4) is 0 Å². The Kier molecular flexibility index (Phi) is 22.2. The van der Waals surface area contributed by atoms with Gasteiger partial charge in [-0.1, -0.05) is 100 Å². The molecule has 0 N–H and O–H groups in total. The lowest BCUT2D eigenvalue weighted by molar-refractivity contribution is -0.143. The minimum Gasteiger partial charge on any atom is -0.465 e. The molecule has 0 radical (unpaired) electrons. The van der Waals surface area contributed by atoms with Gasteiger partial charge in [0.25, 0.3) is 0 Å². The fourth-order valence-corrected chi connectivity index (χ4v) is 7.05. The first kappa shape index (κ1) is 32.5. The molecule has 0 aliphatic carbocycles. The van der Waals surface area contributed by atoms with Crippen LogP contribution in [0.5, 0.6) is 0 Å². The van der Waals surface area contributed by atoms with E-state index in [1.165, 1.54) is 31.2 Å². The predicted octanol–water partition coefficient (Wildman–Crippen LogP) is 6.76. The molecule has 1 rings (SSSR count). The summed E-state index contributed by atoms with van der Waals surface area (Å²) in [7, 11) is 7.22. The zero-order valence-corrected chi connectivity index (χ0v) is 24.7. The van der Waals surface area contributed by atoms with Crippen molar-refractivity contribution in [1.82, 2.24) is 4.90 Å².